The second kappa shape index (κ2) is 3.81. The zero-order valence-electron chi connectivity index (χ0n) is 7.88. The summed E-state index contributed by atoms with van der Waals surface area (Å²) in [5.74, 6) is 0.167. The molecule has 72 valence electrons. The fraction of sp³-hybridized carbons (Fsp3) is 0. The zero-order valence-corrected chi connectivity index (χ0v) is 7.88. The normalized spacial score (nSPS) is 9.53. The fourth-order valence-corrected chi connectivity index (χ4v) is 1.34. The van der Waals surface area contributed by atoms with Gasteiger partial charge in [-0.1, -0.05) is 18.2 Å². The maximum absolute atomic E-state index is 9.60. The lowest BCUT2D eigenvalue weighted by Gasteiger charge is -2.02. The highest BCUT2D eigenvalue weighted by atomic mass is 16.3. The summed E-state index contributed by atoms with van der Waals surface area (Å²) in [6.07, 6.45) is 0. The SMILES string of the molecule is N#Cc1cccc(-c2ccccc2O)n1. The number of hydrogen-bond acceptors (Lipinski definition) is 3. The summed E-state index contributed by atoms with van der Waals surface area (Å²) in [6.45, 7) is 0. The number of nitrogens with zero attached hydrogens (tertiary/aromatic N) is 2. The van der Waals surface area contributed by atoms with Gasteiger partial charge in [0.2, 0.25) is 0 Å². The molecule has 3 heteroatoms. The molecule has 0 atom stereocenters. The summed E-state index contributed by atoms with van der Waals surface area (Å²) in [5.41, 5.74) is 1.58. The van der Waals surface area contributed by atoms with Crippen LogP contribution >= 0.6 is 0 Å². The van der Waals surface area contributed by atoms with Gasteiger partial charge >= 0.3 is 0 Å². The highest BCUT2D eigenvalue weighted by Gasteiger charge is 2.04. The van der Waals surface area contributed by atoms with Crippen LogP contribution in [0.25, 0.3) is 11.3 Å². The first-order chi connectivity index (χ1) is 7.31. The van der Waals surface area contributed by atoms with Crippen molar-refractivity contribution in [3.05, 3.63) is 48.2 Å². The summed E-state index contributed by atoms with van der Waals surface area (Å²) in [4.78, 5) is 4.10. The third-order valence-corrected chi connectivity index (χ3v) is 2.04. The number of pyridine rings is 1. The maximum atomic E-state index is 9.60. The van der Waals surface area contributed by atoms with Gasteiger partial charge in [0.25, 0.3) is 0 Å². The first-order valence-corrected chi connectivity index (χ1v) is 4.47. The number of phenols is 1. The second-order valence-corrected chi connectivity index (χ2v) is 3.04. The Hall–Kier alpha value is -2.34. The van der Waals surface area contributed by atoms with Crippen molar-refractivity contribution in [1.82, 2.24) is 4.98 Å². The Morgan fingerprint density at radius 2 is 1.87 bits per heavy atom. The minimum Gasteiger partial charge on any atom is -0.507 e. The molecule has 0 aliphatic carbocycles. The zero-order chi connectivity index (χ0) is 10.7. The molecule has 1 N–H and O–H groups in total. The van der Waals surface area contributed by atoms with Gasteiger partial charge in [0.05, 0.1) is 5.69 Å². The van der Waals surface area contributed by atoms with Gasteiger partial charge in [0, 0.05) is 5.56 Å². The predicted octanol–water partition coefficient (Wildman–Crippen LogP) is 2.33. The van der Waals surface area contributed by atoms with Gasteiger partial charge < -0.3 is 5.11 Å². The molecular formula is C12H8N2O. The van der Waals surface area contributed by atoms with E-state index in [1.54, 1.807) is 36.4 Å². The van der Waals surface area contributed by atoms with E-state index in [0.717, 1.165) is 0 Å². The molecule has 0 saturated carbocycles. The summed E-state index contributed by atoms with van der Waals surface area (Å²) < 4.78 is 0. The molecule has 0 amide bonds. The van der Waals surface area contributed by atoms with E-state index in [-0.39, 0.29) is 5.75 Å². The number of benzene rings is 1. The van der Waals surface area contributed by atoms with E-state index >= 15 is 0 Å². The monoisotopic (exact) mass is 196 g/mol. The molecule has 0 aliphatic rings. The third-order valence-electron chi connectivity index (χ3n) is 2.04. The molecule has 0 saturated heterocycles. The van der Waals surface area contributed by atoms with Gasteiger partial charge in [-0.3, -0.25) is 0 Å². The largest absolute Gasteiger partial charge is 0.507 e. The number of phenolic OH excluding ortho intramolecular Hbond substituents is 1. The lowest BCUT2D eigenvalue weighted by atomic mass is 10.1. The van der Waals surface area contributed by atoms with Crippen LogP contribution in [0.4, 0.5) is 0 Å². The Labute approximate surface area is 87.3 Å². The van der Waals surface area contributed by atoms with Crippen molar-refractivity contribution >= 4 is 0 Å². The molecule has 1 heterocycles. The van der Waals surface area contributed by atoms with E-state index < -0.39 is 0 Å². The lowest BCUT2D eigenvalue weighted by molar-refractivity contribution is 0.477. The van der Waals surface area contributed by atoms with Crippen LogP contribution in [-0.2, 0) is 0 Å². The molecule has 1 aromatic heterocycles. The second-order valence-electron chi connectivity index (χ2n) is 3.04. The Kier molecular flexibility index (Phi) is 2.34. The highest BCUT2D eigenvalue weighted by Crippen LogP contribution is 2.26. The van der Waals surface area contributed by atoms with Crippen molar-refractivity contribution in [2.45, 2.75) is 0 Å². The number of aromatic hydroxyl groups is 1. The Morgan fingerprint density at radius 1 is 1.07 bits per heavy atom. The molecule has 0 unspecified atom stereocenters. The van der Waals surface area contributed by atoms with Crippen LogP contribution in [0.5, 0.6) is 5.75 Å². The van der Waals surface area contributed by atoms with E-state index in [4.69, 9.17) is 5.26 Å². The summed E-state index contributed by atoms with van der Waals surface area (Å²) >= 11 is 0. The minimum absolute atomic E-state index is 0.167. The lowest BCUT2D eigenvalue weighted by Crippen LogP contribution is -1.87. The van der Waals surface area contributed by atoms with E-state index in [2.05, 4.69) is 4.98 Å². The molecular weight excluding hydrogens is 188 g/mol. The number of para-hydroxylation sites is 1. The number of rotatable bonds is 1. The van der Waals surface area contributed by atoms with Gasteiger partial charge in [0.1, 0.15) is 17.5 Å². The maximum Gasteiger partial charge on any atom is 0.141 e. The van der Waals surface area contributed by atoms with Crippen LogP contribution < -0.4 is 0 Å². The first kappa shape index (κ1) is 9.22. The molecule has 1 aromatic carbocycles. The van der Waals surface area contributed by atoms with Crippen LogP contribution in [0.3, 0.4) is 0 Å². The number of hydrogen-bond donors (Lipinski definition) is 1. The van der Waals surface area contributed by atoms with Gasteiger partial charge in [-0.25, -0.2) is 4.98 Å². The van der Waals surface area contributed by atoms with Crippen molar-refractivity contribution in [3.8, 4) is 23.1 Å². The van der Waals surface area contributed by atoms with Crippen molar-refractivity contribution in [1.29, 1.82) is 5.26 Å². The number of nitriles is 1. The van der Waals surface area contributed by atoms with Crippen LogP contribution in [0, 0.1) is 11.3 Å². The third kappa shape index (κ3) is 1.79. The highest BCUT2D eigenvalue weighted by molar-refractivity contribution is 5.66. The average molecular weight is 196 g/mol. The van der Waals surface area contributed by atoms with Gasteiger partial charge in [0.15, 0.2) is 0 Å². The molecule has 0 aliphatic heterocycles. The standard InChI is InChI=1S/C12H8N2O/c13-8-9-4-3-6-11(14-9)10-5-1-2-7-12(10)15/h1-7,15H. The van der Waals surface area contributed by atoms with Gasteiger partial charge in [-0.15, -0.1) is 0 Å². The molecule has 15 heavy (non-hydrogen) atoms. The molecule has 2 rings (SSSR count). The van der Waals surface area contributed by atoms with Crippen LogP contribution in [0.1, 0.15) is 5.69 Å². The first-order valence-electron chi connectivity index (χ1n) is 4.47. The Bertz CT molecular complexity index is 529. The van der Waals surface area contributed by atoms with E-state index in [1.807, 2.05) is 12.1 Å². The van der Waals surface area contributed by atoms with E-state index in [0.29, 0.717) is 17.0 Å². The van der Waals surface area contributed by atoms with Crippen molar-refractivity contribution in [3.63, 3.8) is 0 Å². The number of aromatic nitrogens is 1. The summed E-state index contributed by atoms with van der Waals surface area (Å²) in [5, 5.41) is 18.3. The van der Waals surface area contributed by atoms with Gasteiger partial charge in [-0.05, 0) is 24.3 Å². The van der Waals surface area contributed by atoms with Crippen molar-refractivity contribution in [2.75, 3.05) is 0 Å². The molecule has 3 nitrogen and oxygen atoms in total. The summed E-state index contributed by atoms with van der Waals surface area (Å²) in [7, 11) is 0. The minimum atomic E-state index is 0.167. The van der Waals surface area contributed by atoms with Gasteiger partial charge in [-0.2, -0.15) is 5.26 Å². The van der Waals surface area contributed by atoms with Crippen LogP contribution in [-0.4, -0.2) is 10.1 Å². The van der Waals surface area contributed by atoms with Crippen LogP contribution in [0.15, 0.2) is 42.5 Å². The fourth-order valence-electron chi connectivity index (χ4n) is 1.34. The Morgan fingerprint density at radius 3 is 2.60 bits per heavy atom. The Balaban J connectivity index is 2.55. The average Bonchev–Trinajstić information content (AvgIpc) is 2.30. The van der Waals surface area contributed by atoms with E-state index in [1.165, 1.54) is 0 Å². The molecule has 0 radical (unpaired) electrons. The quantitative estimate of drug-likeness (QED) is 0.761. The van der Waals surface area contributed by atoms with Crippen molar-refractivity contribution < 1.29 is 5.11 Å². The molecule has 0 spiro atoms. The molecule has 0 fully saturated rings. The summed E-state index contributed by atoms with van der Waals surface area (Å²) in [6, 6.07) is 14.0. The molecule has 0 bridgehead atoms. The van der Waals surface area contributed by atoms with Crippen molar-refractivity contribution in [2.24, 2.45) is 0 Å². The molecule has 2 aromatic rings. The topological polar surface area (TPSA) is 56.9 Å². The smallest absolute Gasteiger partial charge is 0.141 e. The van der Waals surface area contributed by atoms with Crippen LogP contribution in [0.2, 0.25) is 0 Å². The van der Waals surface area contributed by atoms with E-state index in [9.17, 15) is 5.11 Å². The predicted molar refractivity (Wildman–Crippen MR) is 56.1 cm³/mol.